The molecule has 0 spiro atoms. The Labute approximate surface area is 250 Å². The molecule has 0 aliphatic carbocycles. The molecule has 0 saturated heterocycles. The number of methoxy groups -OCH3 is 1. The Morgan fingerprint density at radius 3 is 2.24 bits per heavy atom. The van der Waals surface area contributed by atoms with Gasteiger partial charge in [-0.25, -0.2) is 8.42 Å². The lowest BCUT2D eigenvalue weighted by Gasteiger charge is -2.25. The van der Waals surface area contributed by atoms with Gasteiger partial charge in [-0.3, -0.25) is 14.8 Å². The second kappa shape index (κ2) is 14.2. The molecule has 0 unspecified atom stereocenters. The van der Waals surface area contributed by atoms with Crippen LogP contribution in [0.25, 0.3) is 0 Å². The van der Waals surface area contributed by atoms with Crippen LogP contribution in [0.3, 0.4) is 0 Å². The van der Waals surface area contributed by atoms with Crippen LogP contribution in [0.5, 0.6) is 11.5 Å². The zero-order valence-electron chi connectivity index (χ0n) is 23.1. The highest BCUT2D eigenvalue weighted by molar-refractivity contribution is 7.92. The van der Waals surface area contributed by atoms with Gasteiger partial charge < -0.3 is 19.9 Å². The van der Waals surface area contributed by atoms with Crippen LogP contribution in [0, 0.1) is 0 Å². The van der Waals surface area contributed by atoms with Crippen LogP contribution in [-0.2, 0) is 26.2 Å². The van der Waals surface area contributed by atoms with E-state index in [1.807, 2.05) is 30.3 Å². The van der Waals surface area contributed by atoms with E-state index in [9.17, 15) is 18.3 Å². The molecule has 0 radical (unpaired) electrons. The van der Waals surface area contributed by atoms with Crippen LogP contribution in [0.1, 0.15) is 28.8 Å². The van der Waals surface area contributed by atoms with Crippen molar-refractivity contribution < 1.29 is 27.8 Å². The normalized spacial score (nSPS) is 12.7. The van der Waals surface area contributed by atoms with Crippen LogP contribution < -0.4 is 20.1 Å². The first-order valence-corrected chi connectivity index (χ1v) is 15.3. The largest absolute Gasteiger partial charge is 0.506 e. The number of nitrogens with one attached hydrogen (secondary N) is 3. The summed E-state index contributed by atoms with van der Waals surface area (Å²) >= 11 is 6.00. The van der Waals surface area contributed by atoms with E-state index in [1.165, 1.54) is 12.1 Å². The fourth-order valence-electron chi connectivity index (χ4n) is 4.21. The van der Waals surface area contributed by atoms with Gasteiger partial charge >= 0.3 is 0 Å². The summed E-state index contributed by atoms with van der Waals surface area (Å²) in [4.78, 5) is 13.5. The first-order chi connectivity index (χ1) is 20.1. The number of phenolic OH excluding ortho intramolecular Hbond substituents is 1. The zero-order chi connectivity index (χ0) is 30.1. The van der Waals surface area contributed by atoms with Gasteiger partial charge in [0.25, 0.3) is 0 Å². The molecule has 11 heteroatoms. The van der Waals surface area contributed by atoms with Crippen molar-refractivity contribution >= 4 is 38.9 Å². The maximum absolute atomic E-state index is 13.5. The average molecular weight is 610 g/mol. The molecule has 42 heavy (non-hydrogen) atoms. The van der Waals surface area contributed by atoms with E-state index in [0.717, 1.165) is 11.8 Å². The van der Waals surface area contributed by atoms with E-state index in [4.69, 9.17) is 21.1 Å². The number of carbonyl (C=O) groups excluding carboxylic acids is 1. The van der Waals surface area contributed by atoms with E-state index >= 15 is 0 Å². The SMILES string of the molecule is COc1ccc([C@H](NC[C@H](OCc2ccccc2)c2ccc(O)c(NS(C)(=O)=O)c2)C(=O)Nc2ccc(Cl)cc2)cc1. The lowest BCUT2D eigenvalue weighted by atomic mass is 10.0. The van der Waals surface area contributed by atoms with Gasteiger partial charge in [-0.2, -0.15) is 0 Å². The number of ether oxygens (including phenoxy) is 2. The van der Waals surface area contributed by atoms with E-state index in [0.29, 0.717) is 27.6 Å². The molecule has 0 bridgehead atoms. The van der Waals surface area contributed by atoms with Gasteiger partial charge in [0, 0.05) is 17.3 Å². The number of anilines is 2. The predicted octanol–water partition coefficient (Wildman–Crippen LogP) is 5.65. The Hall–Kier alpha value is -4.09. The van der Waals surface area contributed by atoms with Gasteiger partial charge in [-0.1, -0.05) is 60.1 Å². The summed E-state index contributed by atoms with van der Waals surface area (Å²) in [5, 5.41) is 17.1. The molecule has 0 aliphatic rings. The minimum absolute atomic E-state index is 0.0236. The van der Waals surface area contributed by atoms with E-state index in [2.05, 4.69) is 15.4 Å². The highest BCUT2D eigenvalue weighted by Gasteiger charge is 2.24. The third-order valence-corrected chi connectivity index (χ3v) is 7.15. The Kier molecular flexibility index (Phi) is 10.4. The number of phenols is 1. The smallest absolute Gasteiger partial charge is 0.246 e. The summed E-state index contributed by atoms with van der Waals surface area (Å²) in [6.45, 7) is 0.424. The van der Waals surface area contributed by atoms with Crippen molar-refractivity contribution in [2.75, 3.05) is 29.9 Å². The van der Waals surface area contributed by atoms with Crippen molar-refractivity contribution in [1.82, 2.24) is 5.32 Å². The molecular weight excluding hydrogens is 578 g/mol. The van der Waals surface area contributed by atoms with Crippen LogP contribution >= 0.6 is 11.6 Å². The van der Waals surface area contributed by atoms with E-state index in [1.54, 1.807) is 61.7 Å². The molecule has 0 fully saturated rings. The highest BCUT2D eigenvalue weighted by Crippen LogP contribution is 2.30. The molecule has 0 aromatic heterocycles. The van der Waals surface area contributed by atoms with Crippen LogP contribution in [0.2, 0.25) is 5.02 Å². The molecule has 0 aliphatic heterocycles. The summed E-state index contributed by atoms with van der Waals surface area (Å²) in [6.07, 6.45) is 0.373. The molecule has 9 nitrogen and oxygen atoms in total. The first-order valence-electron chi connectivity index (χ1n) is 13.0. The second-order valence-electron chi connectivity index (χ2n) is 9.55. The van der Waals surface area contributed by atoms with E-state index < -0.39 is 22.2 Å². The van der Waals surface area contributed by atoms with Gasteiger partial charge in [-0.15, -0.1) is 0 Å². The number of benzene rings is 4. The molecule has 4 N–H and O–H groups in total. The maximum Gasteiger partial charge on any atom is 0.246 e. The molecule has 4 rings (SSSR count). The standard InChI is InChI=1S/C31H32ClN3O6S/c1-40-26-15-8-22(9-16-26)30(31(37)34-25-13-11-24(32)12-14-25)33-19-29(41-20-21-6-4-3-5-7-21)23-10-17-28(36)27(18-23)35-42(2,38)39/h3-18,29-30,33,35-36H,19-20H2,1-2H3,(H,34,37)/t29-,30-/m0/s1. The van der Waals surface area contributed by atoms with Crippen LogP contribution in [-0.4, -0.2) is 39.3 Å². The van der Waals surface area contributed by atoms with Crippen LogP contribution in [0.4, 0.5) is 11.4 Å². The average Bonchev–Trinajstić information content (AvgIpc) is 2.97. The summed E-state index contributed by atoms with van der Waals surface area (Å²) < 4.78 is 37.7. The molecule has 1 amide bonds. The Morgan fingerprint density at radius 2 is 1.60 bits per heavy atom. The Balaban J connectivity index is 1.62. The number of amides is 1. The van der Waals surface area contributed by atoms with Crippen molar-refractivity contribution in [3.8, 4) is 11.5 Å². The number of carbonyl (C=O) groups is 1. The molecule has 4 aromatic rings. The first kappa shape index (κ1) is 30.9. The van der Waals surface area contributed by atoms with Crippen molar-refractivity contribution in [3.05, 3.63) is 119 Å². The quantitative estimate of drug-likeness (QED) is 0.144. The van der Waals surface area contributed by atoms with Crippen molar-refractivity contribution in [2.45, 2.75) is 18.8 Å². The number of aromatic hydroxyl groups is 1. The fourth-order valence-corrected chi connectivity index (χ4v) is 4.90. The van der Waals surface area contributed by atoms with Gasteiger partial charge in [0.15, 0.2) is 0 Å². The number of halogens is 1. The third kappa shape index (κ3) is 8.95. The number of sulfonamides is 1. The van der Waals surface area contributed by atoms with Crippen LogP contribution in [0.15, 0.2) is 97.1 Å². The lowest BCUT2D eigenvalue weighted by molar-refractivity contribution is -0.118. The number of hydrogen-bond donors (Lipinski definition) is 4. The molecule has 220 valence electrons. The predicted molar refractivity (Wildman–Crippen MR) is 164 cm³/mol. The van der Waals surface area contributed by atoms with Crippen molar-refractivity contribution in [2.24, 2.45) is 0 Å². The highest BCUT2D eigenvalue weighted by atomic mass is 35.5. The number of hydrogen-bond acceptors (Lipinski definition) is 7. The van der Waals surface area contributed by atoms with Gasteiger partial charge in [0.05, 0.1) is 31.8 Å². The fraction of sp³-hybridized carbons (Fsp3) is 0.194. The molecule has 0 heterocycles. The Morgan fingerprint density at radius 1 is 0.929 bits per heavy atom. The maximum atomic E-state index is 13.5. The number of rotatable bonds is 13. The zero-order valence-corrected chi connectivity index (χ0v) is 24.7. The van der Waals surface area contributed by atoms with Gasteiger partial charge in [-0.05, 0) is 65.2 Å². The van der Waals surface area contributed by atoms with Gasteiger partial charge in [0.1, 0.15) is 17.5 Å². The molecule has 2 atom stereocenters. The van der Waals surface area contributed by atoms with Crippen molar-refractivity contribution in [1.29, 1.82) is 0 Å². The summed E-state index contributed by atoms with van der Waals surface area (Å²) in [7, 11) is -2.08. The lowest BCUT2D eigenvalue weighted by Crippen LogP contribution is -2.36. The monoisotopic (exact) mass is 609 g/mol. The minimum Gasteiger partial charge on any atom is -0.506 e. The second-order valence-corrected chi connectivity index (χ2v) is 11.7. The molecule has 4 aromatic carbocycles. The Bertz CT molecular complexity index is 1580. The van der Waals surface area contributed by atoms with E-state index in [-0.39, 0.29) is 30.5 Å². The van der Waals surface area contributed by atoms with Gasteiger partial charge in [0.2, 0.25) is 15.9 Å². The summed E-state index contributed by atoms with van der Waals surface area (Å²) in [5.41, 5.74) is 2.82. The molecular formula is C31H32ClN3O6S. The minimum atomic E-state index is -3.65. The molecule has 0 saturated carbocycles. The topological polar surface area (TPSA) is 126 Å². The van der Waals surface area contributed by atoms with Crippen molar-refractivity contribution in [3.63, 3.8) is 0 Å². The third-order valence-electron chi connectivity index (χ3n) is 6.31. The summed E-state index contributed by atoms with van der Waals surface area (Å²) in [5.74, 6) is 0.113. The summed E-state index contributed by atoms with van der Waals surface area (Å²) in [6, 6.07) is 27.3.